The number of carbonyl (C=O) groups is 1. The van der Waals surface area contributed by atoms with Crippen molar-refractivity contribution in [1.82, 2.24) is 3.97 Å². The second-order valence-electron chi connectivity index (χ2n) is 5.22. The first-order chi connectivity index (χ1) is 8.34. The van der Waals surface area contributed by atoms with Gasteiger partial charge in [0.1, 0.15) is 0 Å². The van der Waals surface area contributed by atoms with Gasteiger partial charge in [-0.25, -0.2) is 0 Å². The molecule has 0 atom stereocenters. The molecular weight excluding hydrogens is 357 g/mol. The molecule has 1 aromatic rings. The number of halogens is 1. The maximum absolute atomic E-state index is 10.9. The molecule has 0 spiro atoms. The molecule has 0 N–H and O–H groups in total. The Morgan fingerprint density at radius 1 is 1.17 bits per heavy atom. The van der Waals surface area contributed by atoms with E-state index in [1.54, 1.807) is 0 Å². The van der Waals surface area contributed by atoms with Gasteiger partial charge in [-0.05, 0) is 0 Å². The van der Waals surface area contributed by atoms with E-state index in [1.807, 2.05) is 6.07 Å². The molecule has 1 rings (SSSR count). The minimum absolute atomic E-state index is 0.0917. The number of carbonyl (C=O) groups excluding carboxylic acids is 1. The van der Waals surface area contributed by atoms with Crippen molar-refractivity contribution in [3.05, 3.63) is 24.0 Å². The molecule has 0 aliphatic carbocycles. The Bertz CT molecular complexity index is 390. The Hall–Kier alpha value is 0.0300. The van der Waals surface area contributed by atoms with Crippen LogP contribution in [0.3, 0.4) is 0 Å². The molecule has 18 heavy (non-hydrogen) atoms. The Balaban J connectivity index is 3.28. The molecule has 0 aromatic carbocycles. The molecule has 0 aliphatic heterocycles. The molecule has 2 nitrogen and oxygen atoms in total. The third-order valence-electron chi connectivity index (χ3n) is 2.79. The maximum atomic E-state index is 10.9. The average Bonchev–Trinajstić information content (AvgIpc) is 2.73. The van der Waals surface area contributed by atoms with Gasteiger partial charge in [-0.15, -0.1) is 0 Å². The number of aromatic nitrogens is 1. The fraction of sp³-hybridized carbons (Fsp3) is 0.643. The summed E-state index contributed by atoms with van der Waals surface area (Å²) in [6, 6.07) is 1.95. The zero-order chi connectivity index (χ0) is 13.9. The molecule has 1 aromatic heterocycles. The zero-order valence-electron chi connectivity index (χ0n) is 12.2. The summed E-state index contributed by atoms with van der Waals surface area (Å²) in [5, 5.41) is 1.33. The second-order valence-corrected chi connectivity index (χ2v) is 17.1. The molecular formula is C14H25INOS-. The van der Waals surface area contributed by atoms with Crippen LogP contribution < -0.4 is 19.8 Å². The van der Waals surface area contributed by atoms with Crippen molar-refractivity contribution >= 4 is 13.7 Å². The molecule has 0 fully saturated rings. The van der Waals surface area contributed by atoms with Crippen LogP contribution in [0.2, 0.25) is 0 Å². The van der Waals surface area contributed by atoms with E-state index >= 15 is 0 Å². The monoisotopic (exact) mass is 382 g/mol. The molecule has 0 saturated carbocycles. The van der Waals surface area contributed by atoms with Crippen molar-refractivity contribution in [2.24, 2.45) is 0 Å². The Morgan fingerprint density at radius 2 is 1.72 bits per heavy atom. The van der Waals surface area contributed by atoms with Gasteiger partial charge in [0, 0.05) is 0 Å². The van der Waals surface area contributed by atoms with Gasteiger partial charge in [-0.3, -0.25) is 0 Å². The normalized spacial score (nSPS) is 13.8. The fourth-order valence-corrected chi connectivity index (χ4v) is 15.8. The van der Waals surface area contributed by atoms with Gasteiger partial charge in [-0.2, -0.15) is 0 Å². The summed E-state index contributed by atoms with van der Waals surface area (Å²) in [6.45, 7) is 14.1. The first kappa shape index (κ1) is 16.1. The number of hydrogen-bond acceptors (Lipinski definition) is 1. The third-order valence-corrected chi connectivity index (χ3v) is 19.9. The zero-order valence-corrected chi connectivity index (χ0v) is 15.2. The van der Waals surface area contributed by atoms with Crippen molar-refractivity contribution in [2.75, 3.05) is 0 Å². The van der Waals surface area contributed by atoms with Gasteiger partial charge < -0.3 is 0 Å². The van der Waals surface area contributed by atoms with E-state index in [4.69, 9.17) is 0 Å². The molecule has 0 aliphatic rings. The topological polar surface area (TPSA) is 22.0 Å². The van der Waals surface area contributed by atoms with Crippen LogP contribution in [0.15, 0.2) is 18.5 Å². The summed E-state index contributed by atoms with van der Waals surface area (Å²) in [7, 11) is -0.829. The van der Waals surface area contributed by atoms with Crippen molar-refractivity contribution in [1.29, 1.82) is 0 Å². The van der Waals surface area contributed by atoms with Crippen LogP contribution in [0, 0.1) is 0 Å². The molecule has 0 bridgehead atoms. The number of alkyl halides is 1. The van der Waals surface area contributed by atoms with Gasteiger partial charge in [0.2, 0.25) is 0 Å². The molecule has 1 heterocycles. The number of aldehydes is 1. The first-order valence-corrected chi connectivity index (χ1v) is 11.9. The standard InChI is InChI=1S/C14H25INOS/c1-11(2)15-18(12(3)4,13(5)6)16-8-7-14(9-16)10-17/h7-13H,1-6H3/q-1. The molecule has 0 unspecified atom stereocenters. The molecule has 106 valence electrons. The summed E-state index contributed by atoms with van der Waals surface area (Å²) < 4.78 is 3.19. The Kier molecular flexibility index (Phi) is 5.77. The third kappa shape index (κ3) is 3.13. The van der Waals surface area contributed by atoms with Crippen LogP contribution in [-0.4, -0.2) is 24.7 Å². The quantitative estimate of drug-likeness (QED) is 0.410. The Labute approximate surface area is 122 Å². The van der Waals surface area contributed by atoms with Gasteiger partial charge in [0.15, 0.2) is 0 Å². The van der Waals surface area contributed by atoms with E-state index in [-0.39, 0.29) is 19.8 Å². The summed E-state index contributed by atoms with van der Waals surface area (Å²) >= 11 is 0.0917. The van der Waals surface area contributed by atoms with E-state index in [9.17, 15) is 4.79 Å². The van der Waals surface area contributed by atoms with Crippen LogP contribution in [0.5, 0.6) is 0 Å². The van der Waals surface area contributed by atoms with E-state index in [0.717, 1.165) is 15.8 Å². The van der Waals surface area contributed by atoms with Crippen molar-refractivity contribution in [3.8, 4) is 0 Å². The van der Waals surface area contributed by atoms with Gasteiger partial charge in [0.05, 0.1) is 0 Å². The Morgan fingerprint density at radius 3 is 2.06 bits per heavy atom. The summed E-state index contributed by atoms with van der Waals surface area (Å²) in [4.78, 5) is 10.9. The molecule has 0 saturated heterocycles. The fourth-order valence-electron chi connectivity index (χ4n) is 2.20. The number of hydrogen-bond donors (Lipinski definition) is 0. The van der Waals surface area contributed by atoms with E-state index in [0.29, 0.717) is 10.5 Å². The number of rotatable bonds is 6. The van der Waals surface area contributed by atoms with Crippen LogP contribution in [-0.2, 0) is 0 Å². The summed E-state index contributed by atoms with van der Waals surface area (Å²) in [5.41, 5.74) is 0.806. The number of nitrogens with zero attached hydrogens (tertiary/aromatic N) is 1. The summed E-state index contributed by atoms with van der Waals surface area (Å²) in [6.07, 6.45) is 5.14. The first-order valence-electron chi connectivity index (χ1n) is 6.44. The predicted molar refractivity (Wildman–Crippen MR) is 78.2 cm³/mol. The van der Waals surface area contributed by atoms with Crippen LogP contribution in [0.1, 0.15) is 51.9 Å². The van der Waals surface area contributed by atoms with Gasteiger partial charge in [0.25, 0.3) is 0 Å². The molecule has 0 amide bonds. The van der Waals surface area contributed by atoms with Crippen LogP contribution in [0.4, 0.5) is 0 Å². The summed E-state index contributed by atoms with van der Waals surface area (Å²) in [5.74, 6) is 0. The van der Waals surface area contributed by atoms with Gasteiger partial charge >= 0.3 is 122 Å². The SMILES string of the molecule is CC(C)[I-]S(C(C)C)(C(C)C)n1ccc(C=O)c1. The molecule has 4 heteroatoms. The van der Waals surface area contributed by atoms with Gasteiger partial charge in [-0.1, -0.05) is 0 Å². The van der Waals surface area contributed by atoms with Crippen molar-refractivity contribution in [3.63, 3.8) is 0 Å². The van der Waals surface area contributed by atoms with E-state index < -0.39 is 7.39 Å². The molecule has 0 radical (unpaired) electrons. The second kappa shape index (κ2) is 6.46. The minimum atomic E-state index is -0.829. The van der Waals surface area contributed by atoms with E-state index in [1.165, 1.54) is 0 Å². The predicted octanol–water partition coefficient (Wildman–Crippen LogP) is 1.10. The van der Waals surface area contributed by atoms with Crippen LogP contribution in [0.25, 0.3) is 0 Å². The average molecular weight is 382 g/mol. The van der Waals surface area contributed by atoms with Crippen LogP contribution >= 0.6 is 7.39 Å². The van der Waals surface area contributed by atoms with E-state index in [2.05, 4.69) is 57.9 Å². The van der Waals surface area contributed by atoms with Crippen molar-refractivity contribution < 1.29 is 24.6 Å². The van der Waals surface area contributed by atoms with Crippen molar-refractivity contribution in [2.45, 2.75) is 56.0 Å².